The van der Waals surface area contributed by atoms with E-state index in [4.69, 9.17) is 4.74 Å². The Labute approximate surface area is 86.0 Å². The first-order valence-corrected chi connectivity index (χ1v) is 5.75. The molecule has 1 heterocycles. The highest BCUT2D eigenvalue weighted by Crippen LogP contribution is 2.34. The van der Waals surface area contributed by atoms with Gasteiger partial charge in [0.2, 0.25) is 0 Å². The van der Waals surface area contributed by atoms with E-state index >= 15 is 0 Å². The average Bonchev–Trinajstić information content (AvgIpc) is 2.21. The maximum Gasteiger partial charge on any atom is 0.0883 e. The van der Waals surface area contributed by atoms with E-state index in [0.29, 0.717) is 11.9 Å². The zero-order valence-corrected chi connectivity index (χ0v) is 8.91. The summed E-state index contributed by atoms with van der Waals surface area (Å²) in [4.78, 5) is 0. The summed E-state index contributed by atoms with van der Waals surface area (Å²) in [5, 5.41) is 9.30. The lowest BCUT2D eigenvalue weighted by molar-refractivity contribution is -0.0243. The van der Waals surface area contributed by atoms with Gasteiger partial charge in [-0.2, -0.15) is 0 Å². The summed E-state index contributed by atoms with van der Waals surface area (Å²) in [6.07, 6.45) is 8.03. The van der Waals surface area contributed by atoms with Crippen molar-refractivity contribution in [3.8, 4) is 0 Å². The van der Waals surface area contributed by atoms with Crippen molar-refractivity contribution in [2.45, 2.75) is 45.1 Å². The lowest BCUT2D eigenvalue weighted by atomic mass is 9.79. The van der Waals surface area contributed by atoms with Crippen LogP contribution in [-0.4, -0.2) is 17.8 Å². The second-order valence-electron chi connectivity index (χ2n) is 4.71. The van der Waals surface area contributed by atoms with E-state index in [-0.39, 0.29) is 0 Å². The van der Waals surface area contributed by atoms with Crippen molar-refractivity contribution in [1.29, 1.82) is 0 Å². The van der Waals surface area contributed by atoms with Crippen molar-refractivity contribution < 1.29 is 9.84 Å². The molecule has 0 amide bonds. The molecule has 2 rings (SSSR count). The molecule has 2 heteroatoms. The number of allylic oxidation sites excluding steroid dienone is 2. The molecule has 1 saturated heterocycles. The van der Waals surface area contributed by atoms with Crippen LogP contribution in [-0.2, 0) is 4.74 Å². The quantitative estimate of drug-likeness (QED) is 0.698. The van der Waals surface area contributed by atoms with E-state index in [9.17, 15) is 5.11 Å². The normalized spacial score (nSPS) is 39.2. The largest absolute Gasteiger partial charge is 0.513 e. The molecule has 0 aromatic heterocycles. The molecule has 2 aliphatic rings. The van der Waals surface area contributed by atoms with E-state index in [1.807, 2.05) is 6.08 Å². The van der Waals surface area contributed by atoms with E-state index in [1.54, 1.807) is 0 Å². The Morgan fingerprint density at radius 2 is 2.14 bits per heavy atom. The molecule has 0 radical (unpaired) electrons. The fourth-order valence-corrected chi connectivity index (χ4v) is 2.54. The van der Waals surface area contributed by atoms with E-state index in [0.717, 1.165) is 37.7 Å². The molecular weight excluding hydrogens is 176 g/mol. The van der Waals surface area contributed by atoms with Crippen LogP contribution in [0.2, 0.25) is 0 Å². The average molecular weight is 196 g/mol. The van der Waals surface area contributed by atoms with Gasteiger partial charge in [0.25, 0.3) is 0 Å². The van der Waals surface area contributed by atoms with Gasteiger partial charge < -0.3 is 9.84 Å². The number of hydrogen-bond donors (Lipinski definition) is 1. The predicted octanol–water partition coefficient (Wildman–Crippen LogP) is 3.04. The molecule has 1 aliphatic carbocycles. The Morgan fingerprint density at radius 1 is 1.29 bits per heavy atom. The summed E-state index contributed by atoms with van der Waals surface area (Å²) in [7, 11) is 0. The van der Waals surface area contributed by atoms with Gasteiger partial charge in [-0.3, -0.25) is 0 Å². The van der Waals surface area contributed by atoms with Crippen LogP contribution < -0.4 is 0 Å². The second kappa shape index (κ2) is 4.35. The van der Waals surface area contributed by atoms with Gasteiger partial charge in [0.05, 0.1) is 18.5 Å². The van der Waals surface area contributed by atoms with Crippen LogP contribution in [0.15, 0.2) is 11.8 Å². The first-order valence-electron chi connectivity index (χ1n) is 5.75. The third-order valence-electron chi connectivity index (χ3n) is 3.63. The molecule has 0 aromatic rings. The summed E-state index contributed by atoms with van der Waals surface area (Å²) >= 11 is 0. The highest BCUT2D eigenvalue weighted by atomic mass is 16.5. The standard InChI is InChI=1S/C12H20O2/c1-9-2-3-11(8-14-9)10-4-6-12(13)7-5-10/h6,9-11,13H,2-5,7-8H2,1H3. The predicted molar refractivity (Wildman–Crippen MR) is 56.2 cm³/mol. The van der Waals surface area contributed by atoms with Gasteiger partial charge in [-0.1, -0.05) is 0 Å². The number of aliphatic hydroxyl groups is 1. The minimum atomic E-state index is 0.457. The molecule has 3 atom stereocenters. The minimum absolute atomic E-state index is 0.457. The highest BCUT2D eigenvalue weighted by molar-refractivity contribution is 4.98. The monoisotopic (exact) mass is 196 g/mol. The summed E-state index contributed by atoms with van der Waals surface area (Å²) in [6, 6.07) is 0. The van der Waals surface area contributed by atoms with Crippen LogP contribution in [0, 0.1) is 11.8 Å². The summed E-state index contributed by atoms with van der Waals surface area (Å²) in [5.41, 5.74) is 0. The van der Waals surface area contributed by atoms with Crippen molar-refractivity contribution >= 4 is 0 Å². The molecule has 1 N–H and O–H groups in total. The van der Waals surface area contributed by atoms with Gasteiger partial charge in [0.15, 0.2) is 0 Å². The maximum atomic E-state index is 9.30. The SMILES string of the molecule is CC1CCC(C2CC=C(O)CC2)CO1. The first-order chi connectivity index (χ1) is 6.75. The lowest BCUT2D eigenvalue weighted by Crippen LogP contribution is -2.29. The number of rotatable bonds is 1. The van der Waals surface area contributed by atoms with Crippen LogP contribution in [0.3, 0.4) is 0 Å². The molecule has 1 fully saturated rings. The topological polar surface area (TPSA) is 29.5 Å². The van der Waals surface area contributed by atoms with E-state index in [2.05, 4.69) is 6.92 Å². The zero-order chi connectivity index (χ0) is 9.97. The molecule has 14 heavy (non-hydrogen) atoms. The Bertz CT molecular complexity index is 214. The number of aliphatic hydroxyl groups excluding tert-OH is 1. The van der Waals surface area contributed by atoms with Crippen LogP contribution in [0.4, 0.5) is 0 Å². The van der Waals surface area contributed by atoms with Gasteiger partial charge >= 0.3 is 0 Å². The molecular formula is C12H20O2. The van der Waals surface area contributed by atoms with Crippen LogP contribution >= 0.6 is 0 Å². The fraction of sp³-hybridized carbons (Fsp3) is 0.833. The van der Waals surface area contributed by atoms with Gasteiger partial charge in [0, 0.05) is 6.42 Å². The van der Waals surface area contributed by atoms with E-state index in [1.165, 1.54) is 12.8 Å². The van der Waals surface area contributed by atoms with Crippen LogP contribution in [0.5, 0.6) is 0 Å². The maximum absolute atomic E-state index is 9.30. The molecule has 3 unspecified atom stereocenters. The van der Waals surface area contributed by atoms with Gasteiger partial charge in [-0.15, -0.1) is 0 Å². The zero-order valence-electron chi connectivity index (χ0n) is 8.91. The van der Waals surface area contributed by atoms with Crippen LogP contribution in [0.1, 0.15) is 39.0 Å². The molecule has 0 bridgehead atoms. The summed E-state index contributed by atoms with van der Waals surface area (Å²) in [5.74, 6) is 2.07. The molecule has 0 spiro atoms. The summed E-state index contributed by atoms with van der Waals surface area (Å²) in [6.45, 7) is 3.09. The van der Waals surface area contributed by atoms with Gasteiger partial charge in [-0.05, 0) is 50.5 Å². The first kappa shape index (κ1) is 10.0. The van der Waals surface area contributed by atoms with Crippen molar-refractivity contribution in [2.75, 3.05) is 6.61 Å². The van der Waals surface area contributed by atoms with Crippen molar-refractivity contribution in [2.24, 2.45) is 11.8 Å². The third-order valence-corrected chi connectivity index (χ3v) is 3.63. The summed E-state index contributed by atoms with van der Waals surface area (Å²) < 4.78 is 5.69. The highest BCUT2D eigenvalue weighted by Gasteiger charge is 2.27. The number of hydrogen-bond acceptors (Lipinski definition) is 2. The van der Waals surface area contributed by atoms with Crippen molar-refractivity contribution in [3.05, 3.63) is 11.8 Å². The molecule has 2 nitrogen and oxygen atoms in total. The molecule has 0 aromatic carbocycles. The Hall–Kier alpha value is -0.500. The third kappa shape index (κ3) is 2.30. The fourth-order valence-electron chi connectivity index (χ4n) is 2.54. The smallest absolute Gasteiger partial charge is 0.0883 e. The van der Waals surface area contributed by atoms with Crippen molar-refractivity contribution in [3.63, 3.8) is 0 Å². The van der Waals surface area contributed by atoms with Crippen molar-refractivity contribution in [1.82, 2.24) is 0 Å². The second-order valence-corrected chi connectivity index (χ2v) is 4.71. The van der Waals surface area contributed by atoms with E-state index < -0.39 is 0 Å². The molecule has 80 valence electrons. The molecule has 0 saturated carbocycles. The Kier molecular flexibility index (Phi) is 3.12. The Balaban J connectivity index is 1.84. The molecule has 1 aliphatic heterocycles. The van der Waals surface area contributed by atoms with Gasteiger partial charge in [0.1, 0.15) is 0 Å². The lowest BCUT2D eigenvalue weighted by Gasteiger charge is -2.33. The number of ether oxygens (including phenoxy) is 1. The Morgan fingerprint density at radius 3 is 2.71 bits per heavy atom. The van der Waals surface area contributed by atoms with Gasteiger partial charge in [-0.25, -0.2) is 0 Å². The minimum Gasteiger partial charge on any atom is -0.513 e. The van der Waals surface area contributed by atoms with Crippen LogP contribution in [0.25, 0.3) is 0 Å².